The number of rotatable bonds is 0. The predicted molar refractivity (Wildman–Crippen MR) is 40.0 cm³/mol. The van der Waals surface area contributed by atoms with E-state index in [1.807, 2.05) is 5.64 Å². The SMILES string of the molecule is [O-][NH+]1ONO[NH+]([O-])C2CCCCC21. The molecule has 2 aliphatic rings. The fourth-order valence-corrected chi connectivity index (χ4v) is 1.95. The molecule has 0 aromatic carbocycles. The molecule has 7 nitrogen and oxygen atoms in total. The van der Waals surface area contributed by atoms with Crippen molar-refractivity contribution in [1.29, 1.82) is 0 Å². The summed E-state index contributed by atoms with van der Waals surface area (Å²) >= 11 is 0. The largest absolute Gasteiger partial charge is 0.598 e. The van der Waals surface area contributed by atoms with Gasteiger partial charge >= 0.3 is 0 Å². The minimum atomic E-state index is -0.379. The summed E-state index contributed by atoms with van der Waals surface area (Å²) in [6.45, 7) is 0. The Morgan fingerprint density at radius 3 is 1.92 bits per heavy atom. The van der Waals surface area contributed by atoms with Crippen LogP contribution in [0, 0.1) is 10.4 Å². The van der Waals surface area contributed by atoms with E-state index in [1.165, 1.54) is 0 Å². The molecular weight excluding hydrogens is 178 g/mol. The average molecular weight is 191 g/mol. The third kappa shape index (κ3) is 1.81. The van der Waals surface area contributed by atoms with Crippen LogP contribution in [0.2, 0.25) is 0 Å². The highest BCUT2D eigenvalue weighted by Crippen LogP contribution is 2.15. The van der Waals surface area contributed by atoms with Gasteiger partial charge in [0.25, 0.3) is 0 Å². The first kappa shape index (κ1) is 9.28. The van der Waals surface area contributed by atoms with Crippen molar-refractivity contribution < 1.29 is 20.3 Å². The molecule has 1 aliphatic heterocycles. The maximum Gasteiger partial charge on any atom is 0.174 e. The van der Waals surface area contributed by atoms with Crippen molar-refractivity contribution >= 4 is 0 Å². The number of quaternary nitrogens is 2. The van der Waals surface area contributed by atoms with Gasteiger partial charge in [-0.1, -0.05) is 9.88 Å². The van der Waals surface area contributed by atoms with Crippen LogP contribution in [0.5, 0.6) is 0 Å². The molecule has 2 rings (SSSR count). The van der Waals surface area contributed by atoms with E-state index in [4.69, 9.17) is 0 Å². The standard InChI is InChI=1S/C6H13N3O4/c10-8-5-3-1-2-4-6(5)9(11)13-7-12-8/h5-9H,1-4H2. The van der Waals surface area contributed by atoms with Crippen molar-refractivity contribution in [3.05, 3.63) is 10.4 Å². The van der Waals surface area contributed by atoms with Gasteiger partial charge in [-0.15, -0.1) is 0 Å². The van der Waals surface area contributed by atoms with Crippen LogP contribution in [0.4, 0.5) is 0 Å². The van der Waals surface area contributed by atoms with Gasteiger partial charge in [-0.05, 0) is 12.8 Å². The highest BCUT2D eigenvalue weighted by Gasteiger charge is 2.39. The van der Waals surface area contributed by atoms with Gasteiger partial charge in [0, 0.05) is 18.5 Å². The lowest BCUT2D eigenvalue weighted by molar-refractivity contribution is -1.09. The molecule has 13 heavy (non-hydrogen) atoms. The van der Waals surface area contributed by atoms with Crippen molar-refractivity contribution in [2.75, 3.05) is 0 Å². The van der Waals surface area contributed by atoms with Gasteiger partial charge in [0.15, 0.2) is 12.1 Å². The van der Waals surface area contributed by atoms with Gasteiger partial charge in [-0.2, -0.15) is 10.5 Å². The summed E-state index contributed by atoms with van der Waals surface area (Å²) in [6.07, 6.45) is 3.40. The second kappa shape index (κ2) is 3.84. The second-order valence-electron chi connectivity index (χ2n) is 3.42. The van der Waals surface area contributed by atoms with E-state index in [9.17, 15) is 10.4 Å². The molecule has 1 heterocycles. The Kier molecular flexibility index (Phi) is 2.74. The molecule has 0 amide bonds. The molecule has 3 N–H and O–H groups in total. The van der Waals surface area contributed by atoms with Crippen LogP contribution in [0.3, 0.4) is 0 Å². The maximum atomic E-state index is 11.3. The minimum Gasteiger partial charge on any atom is -0.598 e. The zero-order valence-corrected chi connectivity index (χ0v) is 7.12. The summed E-state index contributed by atoms with van der Waals surface area (Å²) in [7, 11) is 0. The van der Waals surface area contributed by atoms with E-state index in [2.05, 4.69) is 9.88 Å². The smallest absolute Gasteiger partial charge is 0.174 e. The topological polar surface area (TPSA) is 85.5 Å². The van der Waals surface area contributed by atoms with Gasteiger partial charge in [0.1, 0.15) is 0 Å². The van der Waals surface area contributed by atoms with Crippen molar-refractivity contribution in [2.24, 2.45) is 0 Å². The van der Waals surface area contributed by atoms with Crippen LogP contribution in [0.15, 0.2) is 0 Å². The number of hydrogen-bond donors (Lipinski definition) is 3. The monoisotopic (exact) mass is 191 g/mol. The van der Waals surface area contributed by atoms with Gasteiger partial charge in [0.2, 0.25) is 0 Å². The molecule has 76 valence electrons. The Labute approximate surface area is 75.2 Å². The number of hydroxylamine groups is 4. The van der Waals surface area contributed by atoms with Crippen molar-refractivity contribution in [3.8, 4) is 0 Å². The number of nitrogens with one attached hydrogen (secondary N) is 3. The van der Waals surface area contributed by atoms with E-state index >= 15 is 0 Å². The normalized spacial score (nSPS) is 46.6. The zero-order chi connectivity index (χ0) is 9.26. The fourth-order valence-electron chi connectivity index (χ4n) is 1.95. The van der Waals surface area contributed by atoms with Crippen LogP contribution < -0.4 is 16.1 Å². The average Bonchev–Trinajstić information content (AvgIpc) is 2.29. The molecule has 7 heteroatoms. The lowest BCUT2D eigenvalue weighted by Crippen LogP contribution is -3.19. The van der Waals surface area contributed by atoms with E-state index in [0.717, 1.165) is 25.7 Å². The Morgan fingerprint density at radius 1 is 1.00 bits per heavy atom. The molecule has 0 bridgehead atoms. The molecular formula is C6H13N3O4. The molecule has 4 unspecified atom stereocenters. The summed E-state index contributed by atoms with van der Waals surface area (Å²) in [5.74, 6) is 0. The molecule has 0 aromatic heterocycles. The highest BCUT2D eigenvalue weighted by molar-refractivity contribution is 4.73. The summed E-state index contributed by atoms with van der Waals surface area (Å²) in [5, 5.41) is 21.8. The third-order valence-corrected chi connectivity index (χ3v) is 2.66. The molecule has 1 aliphatic carbocycles. The summed E-state index contributed by atoms with van der Waals surface area (Å²) in [5.41, 5.74) is 1.90. The summed E-state index contributed by atoms with van der Waals surface area (Å²) in [6, 6.07) is -0.618. The van der Waals surface area contributed by atoms with Gasteiger partial charge in [0.05, 0.1) is 0 Å². The Morgan fingerprint density at radius 2 is 1.46 bits per heavy atom. The van der Waals surface area contributed by atoms with Gasteiger partial charge in [-0.25, -0.2) is 0 Å². The molecule has 4 atom stereocenters. The van der Waals surface area contributed by atoms with Crippen molar-refractivity contribution in [3.63, 3.8) is 0 Å². The molecule has 0 radical (unpaired) electrons. The first-order valence-electron chi connectivity index (χ1n) is 4.45. The van der Waals surface area contributed by atoms with E-state index in [1.54, 1.807) is 0 Å². The zero-order valence-electron chi connectivity index (χ0n) is 7.12. The molecule has 1 saturated carbocycles. The lowest BCUT2D eigenvalue weighted by Gasteiger charge is -2.34. The molecule has 0 aromatic rings. The Hall–Kier alpha value is -0.280. The third-order valence-electron chi connectivity index (χ3n) is 2.66. The molecule has 2 fully saturated rings. The van der Waals surface area contributed by atoms with Crippen molar-refractivity contribution in [2.45, 2.75) is 37.8 Å². The van der Waals surface area contributed by atoms with Crippen LogP contribution in [0.1, 0.15) is 25.7 Å². The van der Waals surface area contributed by atoms with E-state index in [0.29, 0.717) is 0 Å². The summed E-state index contributed by atoms with van der Waals surface area (Å²) < 4.78 is 0. The van der Waals surface area contributed by atoms with Crippen LogP contribution >= 0.6 is 0 Å². The second-order valence-corrected chi connectivity index (χ2v) is 3.42. The Balaban J connectivity index is 2.09. The number of hydrogen-bond acceptors (Lipinski definition) is 5. The molecule has 1 saturated heterocycles. The lowest BCUT2D eigenvalue weighted by atomic mass is 9.91. The van der Waals surface area contributed by atoms with Gasteiger partial charge < -0.3 is 10.4 Å². The fraction of sp³-hybridized carbons (Fsp3) is 1.00. The quantitative estimate of drug-likeness (QED) is 0.364. The highest BCUT2D eigenvalue weighted by atomic mass is 17.1. The van der Waals surface area contributed by atoms with E-state index in [-0.39, 0.29) is 22.5 Å². The Bertz CT molecular complexity index is 163. The number of fused-ring (bicyclic) bond motifs is 1. The molecule has 0 spiro atoms. The van der Waals surface area contributed by atoms with Crippen molar-refractivity contribution in [1.82, 2.24) is 5.64 Å². The summed E-state index contributed by atoms with van der Waals surface area (Å²) in [4.78, 5) is 9.02. The van der Waals surface area contributed by atoms with Gasteiger partial charge in [-0.3, -0.25) is 0 Å². The van der Waals surface area contributed by atoms with Crippen LogP contribution in [-0.4, -0.2) is 12.1 Å². The first-order valence-corrected chi connectivity index (χ1v) is 4.45. The maximum absolute atomic E-state index is 11.3. The predicted octanol–water partition coefficient (Wildman–Crippen LogP) is -2.64. The van der Waals surface area contributed by atoms with Crippen LogP contribution in [0.25, 0.3) is 0 Å². The first-order chi connectivity index (χ1) is 6.29. The minimum absolute atomic E-state index is 0.309. The van der Waals surface area contributed by atoms with Crippen LogP contribution in [-0.2, 0) is 9.88 Å². The van der Waals surface area contributed by atoms with E-state index < -0.39 is 0 Å².